The zero-order valence-corrected chi connectivity index (χ0v) is 26.3. The Morgan fingerprint density at radius 1 is 1.00 bits per heavy atom. The average molecular weight is 666 g/mol. The fourth-order valence-electron chi connectivity index (χ4n) is 5.86. The smallest absolute Gasteiger partial charge is 0.421 e. The molecular weight excluding hydrogens is 631 g/mol. The second kappa shape index (κ2) is 13.5. The molecule has 48 heavy (non-hydrogen) atoms. The summed E-state index contributed by atoms with van der Waals surface area (Å²) in [6.07, 6.45) is 4.29. The molecule has 2 fully saturated rings. The van der Waals surface area contributed by atoms with Crippen LogP contribution < -0.4 is 19.9 Å². The van der Waals surface area contributed by atoms with Crippen molar-refractivity contribution in [3.05, 3.63) is 72.6 Å². The van der Waals surface area contributed by atoms with Gasteiger partial charge < -0.3 is 24.8 Å². The highest BCUT2D eigenvalue weighted by atomic mass is 19.4. The Kier molecular flexibility index (Phi) is 9.26. The normalized spacial score (nSPS) is 18.8. The number of pyridine rings is 2. The van der Waals surface area contributed by atoms with E-state index in [0.29, 0.717) is 37.2 Å². The van der Waals surface area contributed by atoms with Crippen LogP contribution in [0.4, 0.5) is 35.5 Å². The maximum absolute atomic E-state index is 13.7. The van der Waals surface area contributed by atoms with Crippen molar-refractivity contribution in [3.8, 4) is 17.1 Å². The number of nitrogens with zero attached hydrogens (tertiary/aromatic N) is 8. The zero-order valence-electron chi connectivity index (χ0n) is 26.3. The van der Waals surface area contributed by atoms with Crippen LogP contribution in [0.5, 0.6) is 6.01 Å². The molecule has 13 nitrogen and oxygen atoms in total. The van der Waals surface area contributed by atoms with E-state index >= 15 is 0 Å². The van der Waals surface area contributed by atoms with E-state index in [4.69, 9.17) is 9.47 Å². The van der Waals surface area contributed by atoms with Gasteiger partial charge in [-0.2, -0.15) is 18.2 Å². The number of carbonyl (C=O) groups is 1. The summed E-state index contributed by atoms with van der Waals surface area (Å²) < 4.78 is 51.8. The Hall–Kier alpha value is -5.12. The molecule has 1 saturated carbocycles. The van der Waals surface area contributed by atoms with Crippen LogP contribution in [0, 0.1) is 0 Å². The van der Waals surface area contributed by atoms with Gasteiger partial charge in [-0.1, -0.05) is 6.07 Å². The summed E-state index contributed by atoms with van der Waals surface area (Å²) in [5, 5.41) is 13.3. The van der Waals surface area contributed by atoms with E-state index in [1.54, 1.807) is 49.9 Å². The molecule has 2 aliphatic rings. The molecule has 2 N–H and O–H groups in total. The average Bonchev–Trinajstić information content (AvgIpc) is 3.07. The molecule has 5 heterocycles. The first-order valence-electron chi connectivity index (χ1n) is 15.4. The van der Waals surface area contributed by atoms with Crippen LogP contribution in [0.15, 0.2) is 61.3 Å². The van der Waals surface area contributed by atoms with Crippen LogP contribution in [0.3, 0.4) is 0 Å². The van der Waals surface area contributed by atoms with Crippen LogP contribution in [0.25, 0.3) is 11.1 Å². The lowest BCUT2D eigenvalue weighted by Gasteiger charge is -2.45. The molecule has 0 spiro atoms. The fraction of sp³-hybridized carbons (Fsp3) is 0.406. The maximum atomic E-state index is 13.7. The summed E-state index contributed by atoms with van der Waals surface area (Å²) in [5.41, 5.74) is 0.0288. The van der Waals surface area contributed by atoms with Crippen molar-refractivity contribution in [2.75, 3.05) is 35.3 Å². The van der Waals surface area contributed by atoms with E-state index in [2.05, 4.69) is 35.2 Å². The fourth-order valence-corrected chi connectivity index (χ4v) is 5.86. The molecule has 6 rings (SSSR count). The molecule has 1 saturated heterocycles. The molecule has 0 bridgehead atoms. The lowest BCUT2D eigenvalue weighted by atomic mass is 9.90. The van der Waals surface area contributed by atoms with Crippen LogP contribution in [0.1, 0.15) is 43.9 Å². The van der Waals surface area contributed by atoms with Crippen LogP contribution in [-0.4, -0.2) is 79.0 Å². The van der Waals surface area contributed by atoms with Gasteiger partial charge in [0, 0.05) is 67.3 Å². The first-order chi connectivity index (χ1) is 23.0. The second-order valence-corrected chi connectivity index (χ2v) is 12.0. The lowest BCUT2D eigenvalue weighted by Crippen LogP contribution is -2.60. The van der Waals surface area contributed by atoms with E-state index in [-0.39, 0.29) is 49.6 Å². The molecule has 16 heteroatoms. The number of anilines is 3. The Morgan fingerprint density at radius 2 is 1.73 bits per heavy atom. The number of nitrogens with one attached hydrogen (secondary N) is 1. The summed E-state index contributed by atoms with van der Waals surface area (Å²) in [4.78, 5) is 41.7. The quantitative estimate of drug-likeness (QED) is 0.251. The summed E-state index contributed by atoms with van der Waals surface area (Å²) in [6, 6.07) is 8.71. The van der Waals surface area contributed by atoms with E-state index < -0.39 is 23.4 Å². The number of halogens is 3. The number of carbonyl (C=O) groups excluding carboxylic acids is 1. The van der Waals surface area contributed by atoms with E-state index in [0.717, 1.165) is 17.3 Å². The molecule has 1 aliphatic heterocycles. The van der Waals surface area contributed by atoms with Crippen molar-refractivity contribution in [1.82, 2.24) is 29.9 Å². The summed E-state index contributed by atoms with van der Waals surface area (Å²) in [7, 11) is 1.48. The van der Waals surface area contributed by atoms with Gasteiger partial charge >= 0.3 is 18.3 Å². The van der Waals surface area contributed by atoms with Crippen molar-refractivity contribution in [1.29, 1.82) is 0 Å². The minimum atomic E-state index is -4.64. The monoisotopic (exact) mass is 665 g/mol. The molecule has 1 aliphatic carbocycles. The van der Waals surface area contributed by atoms with Crippen molar-refractivity contribution >= 4 is 23.7 Å². The van der Waals surface area contributed by atoms with Crippen LogP contribution in [0.2, 0.25) is 0 Å². The number of hydrogen-bond donors (Lipinski definition) is 2. The number of alkyl halides is 3. The number of amides is 1. The first-order valence-corrected chi connectivity index (χ1v) is 15.4. The van der Waals surface area contributed by atoms with E-state index in [9.17, 15) is 23.1 Å². The number of methoxy groups -OCH3 is 1. The van der Waals surface area contributed by atoms with E-state index in [1.807, 2.05) is 12.1 Å². The maximum Gasteiger partial charge on any atom is 0.421 e. The predicted molar refractivity (Wildman–Crippen MR) is 168 cm³/mol. The van der Waals surface area contributed by atoms with Gasteiger partial charge in [-0.25, -0.2) is 24.7 Å². The third-order valence-corrected chi connectivity index (χ3v) is 8.24. The van der Waals surface area contributed by atoms with Gasteiger partial charge in [0.25, 0.3) is 0 Å². The van der Waals surface area contributed by atoms with Crippen LogP contribution in [-0.2, 0) is 17.5 Å². The Bertz CT molecular complexity index is 1700. The van der Waals surface area contributed by atoms with Gasteiger partial charge in [0.2, 0.25) is 5.95 Å². The van der Waals surface area contributed by atoms with Crippen molar-refractivity contribution in [3.63, 3.8) is 0 Å². The van der Waals surface area contributed by atoms with Gasteiger partial charge in [-0.3, -0.25) is 9.88 Å². The molecule has 252 valence electrons. The topological polar surface area (TPSA) is 152 Å². The molecule has 0 aromatic carbocycles. The van der Waals surface area contributed by atoms with Crippen LogP contribution >= 0.6 is 0 Å². The van der Waals surface area contributed by atoms with E-state index in [1.165, 1.54) is 16.9 Å². The highest BCUT2D eigenvalue weighted by molar-refractivity contribution is 5.87. The molecule has 0 atom stereocenters. The third-order valence-electron chi connectivity index (χ3n) is 8.24. The Morgan fingerprint density at radius 3 is 2.33 bits per heavy atom. The molecule has 0 unspecified atom stereocenters. The predicted octanol–water partition coefficient (Wildman–Crippen LogP) is 4.89. The third kappa shape index (κ3) is 7.54. The van der Waals surface area contributed by atoms with Gasteiger partial charge in [-0.05, 0) is 56.9 Å². The summed E-state index contributed by atoms with van der Waals surface area (Å²) >= 11 is 0. The number of hydrogen-bond acceptors (Lipinski definition) is 12. The highest BCUT2D eigenvalue weighted by Gasteiger charge is 2.43. The van der Waals surface area contributed by atoms with Gasteiger partial charge in [0.1, 0.15) is 23.8 Å². The number of aromatic nitrogens is 6. The van der Waals surface area contributed by atoms with Gasteiger partial charge in [-0.15, -0.1) is 0 Å². The van der Waals surface area contributed by atoms with Gasteiger partial charge in [0.15, 0.2) is 0 Å². The Labute approximate surface area is 274 Å². The summed E-state index contributed by atoms with van der Waals surface area (Å²) in [5.74, 6) is 0.203. The number of β-amino-alcohol motifs (C(OH)–C–C–N with tert-alkyl or cyclic N) is 1. The summed E-state index contributed by atoms with van der Waals surface area (Å²) in [6.45, 7) is 1.61. The van der Waals surface area contributed by atoms with Gasteiger partial charge in [0.05, 0.1) is 18.4 Å². The Balaban J connectivity index is 1.16. The number of ether oxygens (including phenoxy) is 2. The highest BCUT2D eigenvalue weighted by Crippen LogP contribution is 2.39. The minimum absolute atomic E-state index is 0.0195. The molecule has 4 aromatic rings. The molecule has 0 radical (unpaired) electrons. The number of aliphatic hydroxyl groups is 1. The molecule has 4 aromatic heterocycles. The molecule has 1 amide bonds. The largest absolute Gasteiger partial charge is 0.467 e. The van der Waals surface area contributed by atoms with Crippen molar-refractivity contribution in [2.24, 2.45) is 0 Å². The first kappa shape index (κ1) is 32.8. The lowest BCUT2D eigenvalue weighted by molar-refractivity contribution is -0.137. The SMILES string of the molecule is COc1ncc(-c2ccc(N(C(=O)OCc3ccccn3)C3CCC(Nc4ncc(C(F)(F)F)c(N5CC(C)(O)C5)n4)CC3)nc2)cn1. The standard InChI is InChI=1S/C32H34F3N9O4/c1-31(46)18-43(19-31)27-25(32(33,34)35)16-38-28(42-27)41-22-7-9-24(10-8-22)44(30(45)48-17-23-5-3-4-12-36-23)26-11-6-20(13-37-26)21-14-39-29(47-2)40-15-21/h3-6,11-16,22,24,46H,7-10,17-19H2,1-2H3,(H,38,41,42). The van der Waals surface area contributed by atoms with Crippen molar-refractivity contribution < 1.29 is 32.5 Å². The minimum Gasteiger partial charge on any atom is -0.467 e. The zero-order chi connectivity index (χ0) is 33.9. The second-order valence-electron chi connectivity index (χ2n) is 12.0. The number of rotatable bonds is 9. The molecular formula is C32H34F3N9O4. The van der Waals surface area contributed by atoms with Crippen molar-refractivity contribution in [2.45, 2.75) is 63.1 Å².